The van der Waals surface area contributed by atoms with Gasteiger partial charge in [-0.3, -0.25) is 0 Å². The molecule has 0 aromatic heterocycles. The summed E-state index contributed by atoms with van der Waals surface area (Å²) in [4.78, 5) is 11.1. The van der Waals surface area contributed by atoms with E-state index in [0.29, 0.717) is 11.7 Å². The zero-order valence-electron chi connectivity index (χ0n) is 8.92. The molecule has 1 aromatic rings. The predicted octanol–water partition coefficient (Wildman–Crippen LogP) is 3.53. The maximum absolute atomic E-state index is 11.1. The van der Waals surface area contributed by atoms with Gasteiger partial charge in [0.1, 0.15) is 5.78 Å². The van der Waals surface area contributed by atoms with Crippen LogP contribution in [0.3, 0.4) is 0 Å². The topological polar surface area (TPSA) is 17.1 Å². The van der Waals surface area contributed by atoms with E-state index in [4.69, 9.17) is 0 Å². The molecule has 80 valence electrons. The molecule has 1 atom stereocenters. The molecule has 0 bridgehead atoms. The molecule has 0 amide bonds. The molecule has 0 saturated heterocycles. The number of fused-ring (bicyclic) bond motifs is 1. The van der Waals surface area contributed by atoms with Crippen molar-refractivity contribution in [2.24, 2.45) is 5.92 Å². The molecular formula is C13H15BrO. The summed E-state index contributed by atoms with van der Waals surface area (Å²) in [7, 11) is 0. The Hall–Kier alpha value is -0.630. The number of carbonyl (C=O) groups excluding carboxylic acids is 1. The first-order chi connectivity index (χ1) is 7.15. The highest BCUT2D eigenvalue weighted by Gasteiger charge is 2.19. The molecule has 1 aliphatic carbocycles. The summed E-state index contributed by atoms with van der Waals surface area (Å²) in [5, 5.41) is 0. The highest BCUT2D eigenvalue weighted by molar-refractivity contribution is 9.10. The lowest BCUT2D eigenvalue weighted by Crippen LogP contribution is -2.16. The van der Waals surface area contributed by atoms with Crippen molar-refractivity contribution < 1.29 is 4.79 Å². The third-order valence-corrected chi connectivity index (χ3v) is 3.57. The molecule has 1 unspecified atom stereocenters. The number of carbonyl (C=O) groups is 1. The second kappa shape index (κ2) is 4.48. The molecule has 1 aliphatic rings. The van der Waals surface area contributed by atoms with Gasteiger partial charge in [0, 0.05) is 10.9 Å². The van der Waals surface area contributed by atoms with E-state index >= 15 is 0 Å². The van der Waals surface area contributed by atoms with Crippen molar-refractivity contribution in [2.45, 2.75) is 32.6 Å². The minimum Gasteiger partial charge on any atom is -0.300 e. The number of benzene rings is 1. The van der Waals surface area contributed by atoms with E-state index in [-0.39, 0.29) is 0 Å². The minimum atomic E-state index is 0.318. The fourth-order valence-corrected chi connectivity index (χ4v) is 2.79. The summed E-state index contributed by atoms with van der Waals surface area (Å²) in [5.41, 5.74) is 2.87. The van der Waals surface area contributed by atoms with Crippen LogP contribution in [0.1, 0.15) is 30.9 Å². The number of hydrogen-bond acceptors (Lipinski definition) is 1. The van der Waals surface area contributed by atoms with Gasteiger partial charge >= 0.3 is 0 Å². The van der Waals surface area contributed by atoms with Gasteiger partial charge in [-0.1, -0.05) is 22.0 Å². The molecule has 0 heterocycles. The van der Waals surface area contributed by atoms with Crippen LogP contribution in [-0.4, -0.2) is 5.78 Å². The van der Waals surface area contributed by atoms with Crippen molar-refractivity contribution in [3.63, 3.8) is 0 Å². The third-order valence-electron chi connectivity index (χ3n) is 3.07. The number of hydrogen-bond donors (Lipinski definition) is 0. The van der Waals surface area contributed by atoms with E-state index in [1.165, 1.54) is 11.1 Å². The summed E-state index contributed by atoms with van der Waals surface area (Å²) >= 11 is 3.49. The maximum Gasteiger partial charge on any atom is 0.130 e. The number of halogens is 1. The number of aryl methyl sites for hydroxylation is 1. The Morgan fingerprint density at radius 2 is 2.27 bits per heavy atom. The van der Waals surface area contributed by atoms with Gasteiger partial charge < -0.3 is 4.79 Å². The van der Waals surface area contributed by atoms with Crippen LogP contribution >= 0.6 is 15.9 Å². The number of Topliss-reactive ketones (excluding diaryl/α,β-unsaturated/α-hetero) is 1. The van der Waals surface area contributed by atoms with Crippen LogP contribution < -0.4 is 0 Å². The Morgan fingerprint density at radius 3 is 3.00 bits per heavy atom. The van der Waals surface area contributed by atoms with E-state index < -0.39 is 0 Å². The Bertz CT molecular complexity index is 384. The summed E-state index contributed by atoms with van der Waals surface area (Å²) < 4.78 is 1.14. The Kier molecular flexibility index (Phi) is 3.25. The highest BCUT2D eigenvalue weighted by Crippen LogP contribution is 2.29. The lowest BCUT2D eigenvalue weighted by atomic mass is 9.82. The largest absolute Gasteiger partial charge is 0.300 e. The van der Waals surface area contributed by atoms with Gasteiger partial charge in [0.2, 0.25) is 0 Å². The first-order valence-corrected chi connectivity index (χ1v) is 6.21. The quantitative estimate of drug-likeness (QED) is 0.801. The Morgan fingerprint density at radius 1 is 1.47 bits per heavy atom. The van der Waals surface area contributed by atoms with Crippen LogP contribution in [-0.2, 0) is 17.6 Å². The number of rotatable bonds is 2. The van der Waals surface area contributed by atoms with Gasteiger partial charge in [0.25, 0.3) is 0 Å². The van der Waals surface area contributed by atoms with Crippen molar-refractivity contribution in [1.29, 1.82) is 0 Å². The molecule has 1 aromatic carbocycles. The van der Waals surface area contributed by atoms with E-state index in [0.717, 1.165) is 30.2 Å². The zero-order chi connectivity index (χ0) is 10.8. The molecule has 2 rings (SSSR count). The molecule has 1 nitrogen and oxygen atoms in total. The van der Waals surface area contributed by atoms with E-state index in [9.17, 15) is 4.79 Å². The molecule has 0 spiro atoms. The van der Waals surface area contributed by atoms with Crippen molar-refractivity contribution in [2.75, 3.05) is 0 Å². The maximum atomic E-state index is 11.1. The van der Waals surface area contributed by atoms with Gasteiger partial charge in [-0.15, -0.1) is 0 Å². The second-order valence-corrected chi connectivity index (χ2v) is 5.34. The predicted molar refractivity (Wildman–Crippen MR) is 65.0 cm³/mol. The fourth-order valence-electron chi connectivity index (χ4n) is 2.38. The van der Waals surface area contributed by atoms with E-state index in [1.807, 2.05) is 0 Å². The van der Waals surface area contributed by atoms with Gasteiger partial charge in [-0.25, -0.2) is 0 Å². The summed E-state index contributed by atoms with van der Waals surface area (Å²) in [6.45, 7) is 1.69. The van der Waals surface area contributed by atoms with Crippen LogP contribution in [0, 0.1) is 5.92 Å². The molecule has 0 N–H and O–H groups in total. The fraction of sp³-hybridized carbons (Fsp3) is 0.462. The summed E-state index contributed by atoms with van der Waals surface area (Å²) in [5.74, 6) is 0.878. The van der Waals surface area contributed by atoms with Crippen molar-refractivity contribution in [3.8, 4) is 0 Å². The first kappa shape index (κ1) is 10.9. The summed E-state index contributed by atoms with van der Waals surface area (Å²) in [6, 6.07) is 6.50. The SMILES string of the molecule is CC(=O)CC1CCc2ccc(Br)cc2C1. The molecule has 0 saturated carbocycles. The molecule has 0 fully saturated rings. The summed E-state index contributed by atoms with van der Waals surface area (Å²) in [6.07, 6.45) is 4.09. The second-order valence-electron chi connectivity index (χ2n) is 4.43. The average Bonchev–Trinajstić information content (AvgIpc) is 2.16. The minimum absolute atomic E-state index is 0.318. The average molecular weight is 267 g/mol. The van der Waals surface area contributed by atoms with Gasteiger partial charge in [-0.05, 0) is 55.4 Å². The smallest absolute Gasteiger partial charge is 0.130 e. The van der Waals surface area contributed by atoms with Crippen LogP contribution in [0.5, 0.6) is 0 Å². The van der Waals surface area contributed by atoms with Gasteiger partial charge in [0.05, 0.1) is 0 Å². The molecule has 0 aliphatic heterocycles. The molecular weight excluding hydrogens is 252 g/mol. The Balaban J connectivity index is 2.14. The van der Waals surface area contributed by atoms with Crippen LogP contribution in [0.2, 0.25) is 0 Å². The monoisotopic (exact) mass is 266 g/mol. The van der Waals surface area contributed by atoms with Crippen molar-refractivity contribution >= 4 is 21.7 Å². The molecule has 15 heavy (non-hydrogen) atoms. The standard InChI is InChI=1S/C13H15BrO/c1-9(15)6-10-2-3-11-4-5-13(14)8-12(11)7-10/h4-5,8,10H,2-3,6-7H2,1H3. The highest BCUT2D eigenvalue weighted by atomic mass is 79.9. The van der Waals surface area contributed by atoms with Crippen LogP contribution in [0.25, 0.3) is 0 Å². The van der Waals surface area contributed by atoms with Crippen LogP contribution in [0.4, 0.5) is 0 Å². The third kappa shape index (κ3) is 2.69. The van der Waals surface area contributed by atoms with E-state index in [1.54, 1.807) is 6.92 Å². The Labute approximate surface area is 99.0 Å². The normalized spacial score (nSPS) is 19.7. The molecule has 2 heteroatoms. The van der Waals surface area contributed by atoms with Gasteiger partial charge in [-0.2, -0.15) is 0 Å². The van der Waals surface area contributed by atoms with Gasteiger partial charge in [0.15, 0.2) is 0 Å². The number of ketones is 1. The zero-order valence-corrected chi connectivity index (χ0v) is 10.5. The first-order valence-electron chi connectivity index (χ1n) is 5.42. The van der Waals surface area contributed by atoms with Crippen molar-refractivity contribution in [1.82, 2.24) is 0 Å². The van der Waals surface area contributed by atoms with Crippen LogP contribution in [0.15, 0.2) is 22.7 Å². The molecule has 0 radical (unpaired) electrons. The lowest BCUT2D eigenvalue weighted by molar-refractivity contribution is -0.117. The van der Waals surface area contributed by atoms with Crippen molar-refractivity contribution in [3.05, 3.63) is 33.8 Å². The van der Waals surface area contributed by atoms with E-state index in [2.05, 4.69) is 34.1 Å². The lowest BCUT2D eigenvalue weighted by Gasteiger charge is -2.23.